The number of nitrogens with zero attached hydrogens (tertiary/aromatic N) is 3. The molecule has 6 unspecified atom stereocenters. The van der Waals surface area contributed by atoms with Crippen LogP contribution in [-0.2, 0) is 63.7 Å². The van der Waals surface area contributed by atoms with Crippen LogP contribution in [0.1, 0.15) is 44.2 Å². The number of nitrogens with two attached hydrogens (primary N) is 2. The lowest BCUT2D eigenvalue weighted by Crippen LogP contribution is -2.70. The number of hydrogen-bond acceptors (Lipinski definition) is 32. The van der Waals surface area contributed by atoms with E-state index in [0.29, 0.717) is 12.0 Å². The van der Waals surface area contributed by atoms with Crippen LogP contribution in [0.4, 0.5) is 0 Å². The topological polar surface area (TPSA) is 602 Å². The third-order valence-electron chi connectivity index (χ3n) is 17.8. The number of aliphatic imine (C=N–C) groups is 2. The zero-order valence-corrected chi connectivity index (χ0v) is 52.7. The van der Waals surface area contributed by atoms with Crippen molar-refractivity contribution in [1.29, 1.82) is 0 Å². The van der Waals surface area contributed by atoms with Crippen molar-refractivity contribution in [2.75, 3.05) is 46.1 Å². The molecule has 24 N–H and O–H groups in total. The minimum Gasteiger partial charge on any atom is -0.462 e. The summed E-state index contributed by atoms with van der Waals surface area (Å²) < 4.78 is 34.2. The van der Waals surface area contributed by atoms with E-state index >= 15 is 9.59 Å². The number of rotatable bonds is 20. The molecule has 38 nitrogen and oxygen atoms in total. The number of nitrogens with one attached hydrogen (secondary N) is 7. The number of benzene rings is 2. The smallest absolute Gasteiger partial charge is 0.309 e. The number of amides is 6. The highest BCUT2D eigenvalue weighted by Crippen LogP contribution is 2.33. The van der Waals surface area contributed by atoms with Gasteiger partial charge in [0, 0.05) is 12.3 Å². The maximum Gasteiger partial charge on any atom is 0.309 e. The minimum atomic E-state index is -2.35. The van der Waals surface area contributed by atoms with Crippen LogP contribution in [0.15, 0.2) is 64.6 Å². The molecule has 6 aliphatic heterocycles. The minimum absolute atomic E-state index is 0.0848. The van der Waals surface area contributed by atoms with E-state index in [1.165, 1.54) is 24.3 Å². The molecule has 6 amide bonds. The predicted octanol–water partition coefficient (Wildman–Crippen LogP) is -12.0. The number of aliphatic hydroxyl groups is 13. The van der Waals surface area contributed by atoms with Crippen LogP contribution in [0, 0.1) is 5.92 Å². The van der Waals surface area contributed by atoms with Crippen LogP contribution in [0.25, 0.3) is 0 Å². The number of carbonyl (C=O) groups is 7. The van der Waals surface area contributed by atoms with Gasteiger partial charge in [-0.05, 0) is 29.7 Å². The van der Waals surface area contributed by atoms with E-state index in [0.717, 1.165) is 4.90 Å². The zero-order valence-electron chi connectivity index (χ0n) is 52.7. The number of ether oxygens (including phenoxy) is 6. The Morgan fingerprint density at radius 2 is 1.20 bits per heavy atom. The molecule has 4 fully saturated rings. The van der Waals surface area contributed by atoms with Gasteiger partial charge in [0.2, 0.25) is 41.7 Å². The first kappa shape index (κ1) is 75.2. The second-order valence-corrected chi connectivity index (χ2v) is 24.3. The van der Waals surface area contributed by atoms with Crippen molar-refractivity contribution in [2.24, 2.45) is 27.4 Å². The summed E-state index contributed by atoms with van der Waals surface area (Å²) in [5.41, 5.74) is 12.8. The summed E-state index contributed by atoms with van der Waals surface area (Å²) in [6.07, 6.45) is -31.5. The summed E-state index contributed by atoms with van der Waals surface area (Å²) in [5.74, 6) is -10.4. The Hall–Kier alpha value is -7.61. The van der Waals surface area contributed by atoms with E-state index in [1.54, 1.807) is 51.1 Å². The lowest BCUT2D eigenvalue weighted by atomic mass is 9.92. The Morgan fingerprint density at radius 1 is 0.608 bits per heavy atom. The Balaban J connectivity index is 1.08. The summed E-state index contributed by atoms with van der Waals surface area (Å²) in [6, 6.07) is 0.741. The Morgan fingerprint density at radius 3 is 1.82 bits per heavy atom. The number of carbonyl (C=O) groups excluding carboxylic acids is 7. The first-order chi connectivity index (χ1) is 46.1. The average molecular weight is 1380 g/mol. The van der Waals surface area contributed by atoms with E-state index in [1.807, 2.05) is 0 Å². The monoisotopic (exact) mass is 1380 g/mol. The van der Waals surface area contributed by atoms with Crippen molar-refractivity contribution < 1.29 is 128 Å². The highest BCUT2D eigenvalue weighted by Gasteiger charge is 2.55. The molecule has 38 heteroatoms. The lowest BCUT2D eigenvalue weighted by Gasteiger charge is -2.46. The second-order valence-electron chi connectivity index (χ2n) is 24.3. The highest BCUT2D eigenvalue weighted by molar-refractivity contribution is 5.98. The number of esters is 1. The Labute approximate surface area is 553 Å². The summed E-state index contributed by atoms with van der Waals surface area (Å²) >= 11 is 0. The molecule has 97 heavy (non-hydrogen) atoms. The van der Waals surface area contributed by atoms with Crippen molar-refractivity contribution in [3.8, 4) is 5.75 Å². The zero-order chi connectivity index (χ0) is 70.9. The van der Waals surface area contributed by atoms with Gasteiger partial charge in [-0.25, -0.2) is 0 Å². The molecule has 2 aromatic rings. The summed E-state index contributed by atoms with van der Waals surface area (Å²) in [4.78, 5) is 109. The Bertz CT molecular complexity index is 3100. The van der Waals surface area contributed by atoms with Gasteiger partial charge >= 0.3 is 5.97 Å². The van der Waals surface area contributed by atoms with Crippen LogP contribution in [0.5, 0.6) is 5.75 Å². The van der Waals surface area contributed by atoms with E-state index < -0.39 is 252 Å². The molecule has 26 atom stereocenters. The fourth-order valence-electron chi connectivity index (χ4n) is 11.7. The average Bonchev–Trinajstić information content (AvgIpc) is 1.77. The van der Waals surface area contributed by atoms with Crippen molar-refractivity contribution in [1.82, 2.24) is 42.1 Å². The maximum atomic E-state index is 15.2. The molecule has 0 aliphatic carbocycles. The summed E-state index contributed by atoms with van der Waals surface area (Å²) in [5, 5.41) is 160. The summed E-state index contributed by atoms with van der Waals surface area (Å²) in [6.45, 7) is -0.754. The first-order valence-corrected chi connectivity index (χ1v) is 31.3. The third kappa shape index (κ3) is 17.3. The Kier molecular flexibility index (Phi) is 25.8. The third-order valence-corrected chi connectivity index (χ3v) is 17.8. The lowest BCUT2D eigenvalue weighted by molar-refractivity contribution is -0.353. The van der Waals surface area contributed by atoms with Gasteiger partial charge in [0.25, 0.3) is 0 Å². The van der Waals surface area contributed by atoms with E-state index in [4.69, 9.17) is 39.9 Å². The van der Waals surface area contributed by atoms with Crippen LogP contribution in [-0.4, -0.2) is 317 Å². The fraction of sp³-hybridized carbons (Fsp3) is 0.644. The number of aliphatic hydroxyl groups excluding tert-OH is 13. The van der Waals surface area contributed by atoms with Crippen LogP contribution < -0.4 is 53.4 Å². The van der Waals surface area contributed by atoms with Gasteiger partial charge < -0.3 is 148 Å². The van der Waals surface area contributed by atoms with Crippen molar-refractivity contribution in [3.63, 3.8) is 0 Å². The molecule has 538 valence electrons. The quantitative estimate of drug-likeness (QED) is 0.0547. The second kappa shape index (κ2) is 33.3. The first-order valence-electron chi connectivity index (χ1n) is 31.3. The van der Waals surface area contributed by atoms with Gasteiger partial charge in [0.05, 0.1) is 64.1 Å². The van der Waals surface area contributed by atoms with Crippen molar-refractivity contribution in [2.45, 2.75) is 186 Å². The maximum absolute atomic E-state index is 15.2. The number of guanidine groups is 2. The van der Waals surface area contributed by atoms with Gasteiger partial charge in [0.15, 0.2) is 30.5 Å². The largest absolute Gasteiger partial charge is 0.462 e. The molecule has 4 saturated heterocycles. The molecule has 2 aromatic carbocycles. The predicted molar refractivity (Wildman–Crippen MR) is 326 cm³/mol. The number of hydrogen-bond donors (Lipinski definition) is 22. The summed E-state index contributed by atoms with van der Waals surface area (Å²) in [7, 11) is 0. The van der Waals surface area contributed by atoms with Crippen LogP contribution >= 0.6 is 0 Å². The molecule has 0 spiro atoms. The van der Waals surface area contributed by atoms with Gasteiger partial charge in [0.1, 0.15) is 115 Å². The van der Waals surface area contributed by atoms with Gasteiger partial charge in [-0.1, -0.05) is 63.2 Å². The van der Waals surface area contributed by atoms with E-state index in [2.05, 4.69) is 47.2 Å². The molecule has 0 radical (unpaired) electrons. The van der Waals surface area contributed by atoms with Crippen molar-refractivity contribution >= 4 is 53.3 Å². The normalized spacial score (nSPS) is 36.2. The molecule has 0 bridgehead atoms. The van der Waals surface area contributed by atoms with Gasteiger partial charge in [-0.3, -0.25) is 43.5 Å². The van der Waals surface area contributed by atoms with Crippen LogP contribution in [0.3, 0.4) is 0 Å². The van der Waals surface area contributed by atoms with Crippen LogP contribution in [0.2, 0.25) is 0 Å². The molecule has 0 aromatic heterocycles. The van der Waals surface area contributed by atoms with Gasteiger partial charge in [-0.15, -0.1) is 0 Å². The fourth-order valence-corrected chi connectivity index (χ4v) is 11.7. The SMILES string of the molecule is CCC(C)C(=O)O[C@H]1[C@H](O)[C@H](O)[C@@H](O[C@H]2[C@H](O)[C@H](O)[C@@H](Oc3ccc(C[C@H]4NC(=O)[C@H](C(C)c5ccccc5)NC(=O)CNC(=O)[C@H](CO)NC(=O)[C@@H](C(O)C5CN=C(N)N5[C@H]5O[C@H](CO)[C@@H](O)[C@H](O)[C@@H]5O)NC(=O)[C@H](C(O)C5CN=C(N)N5)NC4=O)cc3)O[C@@H]2CO)O[C@@H]1CO. The van der Waals surface area contributed by atoms with Gasteiger partial charge in [-0.2, -0.15) is 0 Å². The molecule has 6 aliphatic rings. The molecule has 0 saturated carbocycles. The molecule has 8 rings (SSSR count). The molecule has 6 heterocycles. The van der Waals surface area contributed by atoms with E-state index in [-0.39, 0.29) is 23.8 Å². The molecular formula is C59H86N12O26. The standard InChI is InChI=1S/C59H86N12O26/c1-4-22(2)55(91)96-47-32(20-74)95-57(46(85)42(47)81)97-48-33(21-75)94-56(45(84)43(48)82)92-26-12-10-24(11-13-26)14-27-50(87)69-36(38(77)28-15-63-58(60)67-28)53(90)70-37(39(78)30-16-64-59(61)71(30)54-44(83)41(80)40(79)31(19-73)93-54)52(89)66-29(18-72)49(86)62-17-34(76)68-35(51(88)65-27)23(3)25-8-6-5-7-9-25/h5-13,22-23,27-33,35-48,54,56-57,72-75,77-85H,4,14-21H2,1-3H3,(H2,61,64)(H,62,86)(H,65,88)(H,66,89)(H,68,76)(H,69,87)(H,70,90)(H3,60,63,67)/t22?,23?,27-,28?,29+,30?,31-,32-,33-,35+,36+,37-,38?,39?,40-,41+,42-,43-,44+,45+,46+,47-,48-,54+,56+,57-/m1/s1. The highest BCUT2D eigenvalue weighted by atomic mass is 16.7. The molecular weight excluding hydrogens is 1290 g/mol. The van der Waals surface area contributed by atoms with E-state index in [9.17, 15) is 90.4 Å². The van der Waals surface area contributed by atoms with Crippen molar-refractivity contribution in [3.05, 3.63) is 65.7 Å².